The number of ketones is 1. The Balaban J connectivity index is 2.94. The molecule has 0 bridgehead atoms. The number of hydrogen-bond donors (Lipinski definition) is 1. The van der Waals surface area contributed by atoms with Gasteiger partial charge in [-0.15, -0.1) is 0 Å². The molecule has 0 aromatic heterocycles. The van der Waals surface area contributed by atoms with E-state index in [1.54, 1.807) is 6.07 Å². The van der Waals surface area contributed by atoms with Gasteiger partial charge in [0.25, 0.3) is 0 Å². The molecule has 1 aromatic carbocycles. The maximum Gasteiger partial charge on any atom is 0.363 e. The van der Waals surface area contributed by atoms with Gasteiger partial charge >= 0.3 is 6.05 Å². The number of carbonyl (C=O) groups is 1. The van der Waals surface area contributed by atoms with E-state index >= 15 is 0 Å². The fourth-order valence-electron chi connectivity index (χ4n) is 0.782. The Bertz CT molecular complexity index is 279. The van der Waals surface area contributed by atoms with Crippen LogP contribution in [0.1, 0.15) is 10.4 Å². The van der Waals surface area contributed by atoms with Crippen molar-refractivity contribution in [2.75, 3.05) is 0 Å². The second kappa shape index (κ2) is 2.98. The summed E-state index contributed by atoms with van der Waals surface area (Å²) in [6, 6.07) is 3.44. The van der Waals surface area contributed by atoms with Crippen LogP contribution in [-0.4, -0.2) is 11.8 Å². The van der Waals surface area contributed by atoms with Crippen LogP contribution in [0, 0.1) is 0 Å². The van der Waals surface area contributed by atoms with E-state index in [4.69, 9.17) is 0 Å². The average Bonchev–Trinajstić information content (AvgIpc) is 2.03. The molecule has 0 heterocycles. The quantitative estimate of drug-likeness (QED) is 0.540. The third kappa shape index (κ3) is 1.85. The molecule has 2 N–H and O–H groups in total. The smallest absolute Gasteiger partial charge is 0.286 e. The minimum Gasteiger partial charge on any atom is -0.286 e. The molecule has 1 aromatic rings. The Labute approximate surface area is 68.0 Å². The molecule has 12 heavy (non-hydrogen) atoms. The topological polar surface area (TPSA) is 43.1 Å². The summed E-state index contributed by atoms with van der Waals surface area (Å²) in [5.74, 6) is -1.36. The Morgan fingerprint density at radius 3 is 2.17 bits per heavy atom. The van der Waals surface area contributed by atoms with Crippen molar-refractivity contribution in [1.29, 1.82) is 0 Å². The van der Waals surface area contributed by atoms with E-state index in [-0.39, 0.29) is 5.56 Å². The van der Waals surface area contributed by atoms with E-state index in [1.807, 2.05) is 0 Å². The highest BCUT2D eigenvalue weighted by atomic mass is 19.3. The molecule has 64 valence electrons. The van der Waals surface area contributed by atoms with Crippen molar-refractivity contribution in [2.24, 2.45) is 5.73 Å². The molecule has 0 unspecified atom stereocenters. The molecule has 0 spiro atoms. The summed E-state index contributed by atoms with van der Waals surface area (Å²) < 4.78 is 24.5. The average molecular weight is 171 g/mol. The van der Waals surface area contributed by atoms with Crippen LogP contribution >= 0.6 is 0 Å². The number of benzene rings is 1. The van der Waals surface area contributed by atoms with Crippen LogP contribution in [-0.2, 0) is 0 Å². The maximum atomic E-state index is 12.2. The van der Waals surface area contributed by atoms with Gasteiger partial charge < -0.3 is 0 Å². The molecule has 2 nitrogen and oxygen atoms in total. The molecule has 0 radical (unpaired) electrons. The van der Waals surface area contributed by atoms with Crippen LogP contribution < -0.4 is 5.73 Å². The molecule has 0 saturated carbocycles. The molecular formula is C8H7F2NO. The van der Waals surface area contributed by atoms with Gasteiger partial charge in [-0.05, 0) is 0 Å². The van der Waals surface area contributed by atoms with Crippen molar-refractivity contribution < 1.29 is 13.6 Å². The molecular weight excluding hydrogens is 164 g/mol. The Morgan fingerprint density at radius 2 is 1.75 bits per heavy atom. The number of alkyl halides is 2. The monoisotopic (exact) mass is 171 g/mol. The Hall–Kier alpha value is -1.29. The summed E-state index contributed by atoms with van der Waals surface area (Å²) in [5.41, 5.74) is 4.25. The Morgan fingerprint density at radius 1 is 1.25 bits per heavy atom. The third-order valence-corrected chi connectivity index (χ3v) is 1.34. The predicted octanol–water partition coefficient (Wildman–Crippen LogP) is 1.42. The van der Waals surface area contributed by atoms with Gasteiger partial charge in [-0.2, -0.15) is 8.78 Å². The van der Waals surface area contributed by atoms with Crippen LogP contribution in [0.5, 0.6) is 0 Å². The van der Waals surface area contributed by atoms with Gasteiger partial charge in [-0.3, -0.25) is 10.5 Å². The number of nitrogens with two attached hydrogens (primary N) is 1. The van der Waals surface area contributed by atoms with Crippen LogP contribution in [0.25, 0.3) is 0 Å². The SMILES string of the molecule is NC(F)(F)C(=O)c1ccccc1. The van der Waals surface area contributed by atoms with Gasteiger partial charge in [0.2, 0.25) is 5.78 Å². The highest BCUT2D eigenvalue weighted by Crippen LogP contribution is 2.13. The van der Waals surface area contributed by atoms with Crippen molar-refractivity contribution in [3.8, 4) is 0 Å². The lowest BCUT2D eigenvalue weighted by Gasteiger charge is -2.07. The summed E-state index contributed by atoms with van der Waals surface area (Å²) in [6.07, 6.45) is 0. The molecule has 0 saturated heterocycles. The van der Waals surface area contributed by atoms with Crippen molar-refractivity contribution >= 4 is 5.78 Å². The first-order valence-corrected chi connectivity index (χ1v) is 3.28. The van der Waals surface area contributed by atoms with E-state index in [0.717, 1.165) is 0 Å². The minimum atomic E-state index is -3.78. The zero-order valence-corrected chi connectivity index (χ0v) is 6.13. The number of hydrogen-bond acceptors (Lipinski definition) is 2. The van der Waals surface area contributed by atoms with Crippen molar-refractivity contribution in [1.82, 2.24) is 0 Å². The lowest BCUT2D eigenvalue weighted by molar-refractivity contribution is 0.0145. The maximum absolute atomic E-state index is 12.2. The standard InChI is InChI=1S/C8H7F2NO/c9-8(10,11)7(12)6-4-2-1-3-5-6/h1-5H,11H2. The van der Waals surface area contributed by atoms with Gasteiger partial charge in [-0.25, -0.2) is 0 Å². The summed E-state index contributed by atoms with van der Waals surface area (Å²) in [7, 11) is 0. The zero-order valence-electron chi connectivity index (χ0n) is 6.13. The fourth-order valence-corrected chi connectivity index (χ4v) is 0.782. The van der Waals surface area contributed by atoms with Gasteiger partial charge in [0.1, 0.15) is 0 Å². The second-order valence-corrected chi connectivity index (χ2v) is 2.32. The van der Waals surface area contributed by atoms with Gasteiger partial charge in [0.05, 0.1) is 0 Å². The van der Waals surface area contributed by atoms with Crippen LogP contribution in [0.4, 0.5) is 8.78 Å². The molecule has 0 aliphatic heterocycles. The predicted molar refractivity (Wildman–Crippen MR) is 39.9 cm³/mol. The van der Waals surface area contributed by atoms with Crippen LogP contribution in [0.2, 0.25) is 0 Å². The van der Waals surface area contributed by atoms with E-state index < -0.39 is 11.8 Å². The van der Waals surface area contributed by atoms with Crippen molar-refractivity contribution in [2.45, 2.75) is 6.05 Å². The molecule has 1 rings (SSSR count). The highest BCUT2D eigenvalue weighted by Gasteiger charge is 2.33. The highest BCUT2D eigenvalue weighted by molar-refractivity contribution is 6.00. The number of rotatable bonds is 2. The summed E-state index contributed by atoms with van der Waals surface area (Å²) in [4.78, 5) is 10.8. The number of halogens is 2. The normalized spacial score (nSPS) is 11.2. The first-order valence-electron chi connectivity index (χ1n) is 3.28. The summed E-state index contributed by atoms with van der Waals surface area (Å²) in [5, 5.41) is 0. The first-order chi connectivity index (χ1) is 5.52. The van der Waals surface area contributed by atoms with Gasteiger partial charge in [-0.1, -0.05) is 30.3 Å². The van der Waals surface area contributed by atoms with E-state index in [0.29, 0.717) is 0 Å². The lowest BCUT2D eigenvalue weighted by Crippen LogP contribution is -2.38. The summed E-state index contributed by atoms with van der Waals surface area (Å²) >= 11 is 0. The molecule has 0 fully saturated rings. The van der Waals surface area contributed by atoms with Crippen molar-refractivity contribution in [3.63, 3.8) is 0 Å². The first kappa shape index (κ1) is 8.80. The number of carbonyl (C=O) groups excluding carboxylic acids is 1. The molecule has 0 atom stereocenters. The van der Waals surface area contributed by atoms with E-state index in [1.165, 1.54) is 24.3 Å². The van der Waals surface area contributed by atoms with Gasteiger partial charge in [0.15, 0.2) is 0 Å². The Kier molecular flexibility index (Phi) is 2.19. The van der Waals surface area contributed by atoms with Crippen LogP contribution in [0.15, 0.2) is 30.3 Å². The van der Waals surface area contributed by atoms with Crippen LogP contribution in [0.3, 0.4) is 0 Å². The number of Topliss-reactive ketones (excluding diaryl/α,β-unsaturated/α-hetero) is 1. The molecule has 0 aliphatic rings. The van der Waals surface area contributed by atoms with E-state index in [9.17, 15) is 13.6 Å². The molecule has 0 aliphatic carbocycles. The fraction of sp³-hybridized carbons (Fsp3) is 0.125. The molecule has 4 heteroatoms. The minimum absolute atomic E-state index is 0.0787. The molecule has 0 amide bonds. The largest absolute Gasteiger partial charge is 0.363 e. The third-order valence-electron chi connectivity index (χ3n) is 1.34. The summed E-state index contributed by atoms with van der Waals surface area (Å²) in [6.45, 7) is 0. The van der Waals surface area contributed by atoms with E-state index in [2.05, 4.69) is 5.73 Å². The lowest BCUT2D eigenvalue weighted by atomic mass is 10.1. The zero-order chi connectivity index (χ0) is 9.19. The second-order valence-electron chi connectivity index (χ2n) is 2.32. The van der Waals surface area contributed by atoms with Crippen molar-refractivity contribution in [3.05, 3.63) is 35.9 Å². The van der Waals surface area contributed by atoms with Gasteiger partial charge in [0, 0.05) is 5.56 Å².